The molecule has 18 heavy (non-hydrogen) atoms. The number of aryl methyl sites for hydroxylation is 1. The van der Waals surface area contributed by atoms with Crippen molar-refractivity contribution in [3.8, 4) is 5.75 Å². The molecule has 0 bridgehead atoms. The maximum absolute atomic E-state index is 9.65. The van der Waals surface area contributed by atoms with E-state index in [1.54, 1.807) is 6.07 Å². The molecule has 2 N–H and O–H groups in total. The molecule has 4 heteroatoms. The molecule has 1 aromatic heterocycles. The van der Waals surface area contributed by atoms with Gasteiger partial charge in [-0.25, -0.2) is 4.98 Å². The summed E-state index contributed by atoms with van der Waals surface area (Å²) in [6.45, 7) is 2.63. The molecule has 94 valence electrons. The van der Waals surface area contributed by atoms with Crippen LogP contribution in [0.5, 0.6) is 5.75 Å². The van der Waals surface area contributed by atoms with E-state index >= 15 is 0 Å². The molecule has 1 fully saturated rings. The van der Waals surface area contributed by atoms with Gasteiger partial charge in [0.15, 0.2) is 0 Å². The summed E-state index contributed by atoms with van der Waals surface area (Å²) >= 11 is 0. The van der Waals surface area contributed by atoms with Crippen molar-refractivity contribution in [1.82, 2.24) is 9.55 Å². The number of aromatic nitrogens is 2. The van der Waals surface area contributed by atoms with Gasteiger partial charge in [0.2, 0.25) is 0 Å². The standard InChI is InChI=1S/C14H17N3O/c1-10-2-3-11(6-14(10)18)16-8-13-7-15-9-17(13)12-4-5-12/h2-3,6-7,9,12,16,18H,4-5,8H2,1H3. The van der Waals surface area contributed by atoms with Crippen LogP contribution in [0.4, 0.5) is 5.69 Å². The van der Waals surface area contributed by atoms with Crippen LogP contribution in [0, 0.1) is 6.92 Å². The van der Waals surface area contributed by atoms with Crippen LogP contribution in [0.3, 0.4) is 0 Å². The normalized spacial score (nSPS) is 14.7. The van der Waals surface area contributed by atoms with E-state index in [2.05, 4.69) is 14.9 Å². The van der Waals surface area contributed by atoms with Gasteiger partial charge in [0.25, 0.3) is 0 Å². The molecular formula is C14H17N3O. The van der Waals surface area contributed by atoms with Crippen LogP contribution in [0.15, 0.2) is 30.7 Å². The van der Waals surface area contributed by atoms with E-state index in [0.717, 1.165) is 17.8 Å². The molecular weight excluding hydrogens is 226 g/mol. The molecule has 3 rings (SSSR count). The van der Waals surface area contributed by atoms with E-state index in [1.807, 2.05) is 31.6 Å². The average molecular weight is 243 g/mol. The molecule has 2 aromatic rings. The van der Waals surface area contributed by atoms with Gasteiger partial charge in [0.1, 0.15) is 5.75 Å². The number of nitrogens with one attached hydrogen (secondary N) is 1. The summed E-state index contributed by atoms with van der Waals surface area (Å²) in [6, 6.07) is 6.30. The zero-order chi connectivity index (χ0) is 12.5. The number of hydrogen-bond donors (Lipinski definition) is 2. The van der Waals surface area contributed by atoms with Crippen LogP contribution in [0.25, 0.3) is 0 Å². The zero-order valence-electron chi connectivity index (χ0n) is 10.4. The summed E-state index contributed by atoms with van der Waals surface area (Å²) in [5.41, 5.74) is 3.02. The van der Waals surface area contributed by atoms with Gasteiger partial charge in [-0.05, 0) is 31.4 Å². The second-order valence-corrected chi connectivity index (χ2v) is 4.88. The Hall–Kier alpha value is -1.97. The van der Waals surface area contributed by atoms with Gasteiger partial charge in [0, 0.05) is 24.0 Å². The van der Waals surface area contributed by atoms with Crippen LogP contribution >= 0.6 is 0 Å². The summed E-state index contributed by atoms with van der Waals surface area (Å²) in [5.74, 6) is 0.329. The number of phenolic OH excluding ortho intramolecular Hbond substituents is 1. The number of imidazole rings is 1. The first-order chi connectivity index (χ1) is 8.74. The molecule has 1 aliphatic rings. The third-order valence-electron chi connectivity index (χ3n) is 3.37. The Morgan fingerprint density at radius 2 is 2.28 bits per heavy atom. The highest BCUT2D eigenvalue weighted by atomic mass is 16.3. The SMILES string of the molecule is Cc1ccc(NCc2cncn2C2CC2)cc1O. The highest BCUT2D eigenvalue weighted by Crippen LogP contribution is 2.35. The second-order valence-electron chi connectivity index (χ2n) is 4.88. The van der Waals surface area contributed by atoms with Crippen molar-refractivity contribution in [1.29, 1.82) is 0 Å². The summed E-state index contributed by atoms with van der Waals surface area (Å²) in [7, 11) is 0. The molecule has 0 unspecified atom stereocenters. The Labute approximate surface area is 106 Å². The van der Waals surface area contributed by atoms with E-state index < -0.39 is 0 Å². The molecule has 0 amide bonds. The fourth-order valence-electron chi connectivity index (χ4n) is 2.06. The van der Waals surface area contributed by atoms with E-state index in [9.17, 15) is 5.11 Å². The van der Waals surface area contributed by atoms with Gasteiger partial charge >= 0.3 is 0 Å². The van der Waals surface area contributed by atoms with Crippen molar-refractivity contribution < 1.29 is 5.11 Å². The number of aromatic hydroxyl groups is 1. The summed E-state index contributed by atoms with van der Waals surface area (Å²) < 4.78 is 2.24. The van der Waals surface area contributed by atoms with Gasteiger partial charge in [0.05, 0.1) is 18.6 Å². The highest BCUT2D eigenvalue weighted by Gasteiger charge is 2.24. The molecule has 1 aliphatic carbocycles. The van der Waals surface area contributed by atoms with Crippen LogP contribution in [-0.4, -0.2) is 14.7 Å². The Balaban J connectivity index is 1.69. The van der Waals surface area contributed by atoms with Crippen LogP contribution in [0.2, 0.25) is 0 Å². The number of anilines is 1. The maximum atomic E-state index is 9.65. The fourth-order valence-corrected chi connectivity index (χ4v) is 2.06. The minimum atomic E-state index is 0.329. The van der Waals surface area contributed by atoms with Crippen LogP contribution in [-0.2, 0) is 6.54 Å². The largest absolute Gasteiger partial charge is 0.508 e. The molecule has 0 atom stereocenters. The smallest absolute Gasteiger partial charge is 0.120 e. The Kier molecular flexibility index (Phi) is 2.70. The van der Waals surface area contributed by atoms with Crippen molar-refractivity contribution in [2.24, 2.45) is 0 Å². The quantitative estimate of drug-likeness (QED) is 0.868. The lowest BCUT2D eigenvalue weighted by molar-refractivity contribution is 0.471. The van der Waals surface area contributed by atoms with Crippen molar-refractivity contribution >= 4 is 5.69 Å². The monoisotopic (exact) mass is 243 g/mol. The molecule has 0 radical (unpaired) electrons. The predicted octanol–water partition coefficient (Wildman–Crippen LogP) is 2.84. The Morgan fingerprint density at radius 3 is 3.00 bits per heavy atom. The lowest BCUT2D eigenvalue weighted by Crippen LogP contribution is -2.05. The molecule has 1 heterocycles. The van der Waals surface area contributed by atoms with Crippen LogP contribution in [0.1, 0.15) is 30.1 Å². The average Bonchev–Trinajstić information content (AvgIpc) is 3.10. The number of rotatable bonds is 4. The van der Waals surface area contributed by atoms with E-state index in [4.69, 9.17) is 0 Å². The molecule has 4 nitrogen and oxygen atoms in total. The molecule has 0 saturated heterocycles. The van der Waals surface area contributed by atoms with E-state index in [-0.39, 0.29) is 0 Å². The van der Waals surface area contributed by atoms with Crippen molar-refractivity contribution in [2.75, 3.05) is 5.32 Å². The van der Waals surface area contributed by atoms with Gasteiger partial charge < -0.3 is 15.0 Å². The maximum Gasteiger partial charge on any atom is 0.120 e. The number of nitrogens with zero attached hydrogens (tertiary/aromatic N) is 2. The topological polar surface area (TPSA) is 50.1 Å². The van der Waals surface area contributed by atoms with Gasteiger partial charge in [-0.2, -0.15) is 0 Å². The lowest BCUT2D eigenvalue weighted by atomic mass is 10.2. The summed E-state index contributed by atoms with van der Waals surface area (Å²) in [5, 5.41) is 13.0. The highest BCUT2D eigenvalue weighted by molar-refractivity contribution is 5.51. The second kappa shape index (κ2) is 4.37. The van der Waals surface area contributed by atoms with Crippen molar-refractivity contribution in [2.45, 2.75) is 32.4 Å². The Morgan fingerprint density at radius 1 is 1.44 bits per heavy atom. The first-order valence-corrected chi connectivity index (χ1v) is 6.28. The molecule has 1 aromatic carbocycles. The van der Waals surface area contributed by atoms with Crippen LogP contribution < -0.4 is 5.32 Å². The first-order valence-electron chi connectivity index (χ1n) is 6.28. The number of benzene rings is 1. The van der Waals surface area contributed by atoms with E-state index in [1.165, 1.54) is 18.5 Å². The van der Waals surface area contributed by atoms with E-state index in [0.29, 0.717) is 11.8 Å². The molecule has 0 spiro atoms. The first kappa shape index (κ1) is 11.1. The molecule has 0 aliphatic heterocycles. The predicted molar refractivity (Wildman–Crippen MR) is 70.7 cm³/mol. The third kappa shape index (κ3) is 2.18. The lowest BCUT2D eigenvalue weighted by Gasteiger charge is -2.10. The van der Waals surface area contributed by atoms with Gasteiger partial charge in [-0.3, -0.25) is 0 Å². The Bertz CT molecular complexity index is 558. The van der Waals surface area contributed by atoms with Crippen molar-refractivity contribution in [3.63, 3.8) is 0 Å². The van der Waals surface area contributed by atoms with Gasteiger partial charge in [-0.15, -0.1) is 0 Å². The zero-order valence-corrected chi connectivity index (χ0v) is 10.4. The van der Waals surface area contributed by atoms with Crippen molar-refractivity contribution in [3.05, 3.63) is 42.0 Å². The third-order valence-corrected chi connectivity index (χ3v) is 3.37. The summed E-state index contributed by atoms with van der Waals surface area (Å²) in [4.78, 5) is 4.20. The fraction of sp³-hybridized carbons (Fsp3) is 0.357. The number of phenols is 1. The summed E-state index contributed by atoms with van der Waals surface area (Å²) in [6.07, 6.45) is 6.32. The molecule has 1 saturated carbocycles. The number of hydrogen-bond acceptors (Lipinski definition) is 3. The van der Waals surface area contributed by atoms with Gasteiger partial charge in [-0.1, -0.05) is 6.07 Å². The minimum Gasteiger partial charge on any atom is -0.508 e. The minimum absolute atomic E-state index is 0.329.